The topological polar surface area (TPSA) is 88.6 Å². The van der Waals surface area contributed by atoms with Crippen molar-refractivity contribution in [2.45, 2.75) is 11.8 Å². The first-order chi connectivity index (χ1) is 14.8. The summed E-state index contributed by atoms with van der Waals surface area (Å²) in [7, 11) is -3.79. The molecule has 31 heavy (non-hydrogen) atoms. The number of anilines is 1. The summed E-state index contributed by atoms with van der Waals surface area (Å²) in [6.45, 7) is 3.19. The molecular formula is C21H20ClN3O4S2. The number of hydrogen-bond acceptors (Lipinski definition) is 6. The van der Waals surface area contributed by atoms with Crippen LogP contribution in [-0.2, 0) is 14.8 Å². The Morgan fingerprint density at radius 3 is 2.58 bits per heavy atom. The number of nitrogens with zero attached hydrogens (tertiary/aromatic N) is 2. The lowest BCUT2D eigenvalue weighted by Crippen LogP contribution is -2.40. The van der Waals surface area contributed by atoms with Crippen LogP contribution in [0.25, 0.3) is 10.6 Å². The molecule has 2 aromatic carbocycles. The highest BCUT2D eigenvalue weighted by Gasteiger charge is 2.28. The van der Waals surface area contributed by atoms with E-state index in [1.165, 1.54) is 27.8 Å². The Balaban J connectivity index is 1.54. The number of aromatic nitrogens is 1. The average Bonchev–Trinajstić information content (AvgIpc) is 3.26. The second kappa shape index (κ2) is 9.05. The molecule has 10 heteroatoms. The van der Waals surface area contributed by atoms with Gasteiger partial charge in [-0.2, -0.15) is 4.31 Å². The van der Waals surface area contributed by atoms with Gasteiger partial charge in [-0.05, 0) is 25.1 Å². The van der Waals surface area contributed by atoms with Crippen LogP contribution in [0.15, 0.2) is 52.7 Å². The molecule has 1 amide bonds. The van der Waals surface area contributed by atoms with Crippen LogP contribution in [0.2, 0.25) is 5.02 Å². The molecule has 1 aromatic heterocycles. The van der Waals surface area contributed by atoms with E-state index in [4.69, 9.17) is 16.3 Å². The minimum Gasteiger partial charge on any atom is -0.379 e. The number of nitrogens with one attached hydrogen (secondary N) is 1. The molecule has 1 N–H and O–H groups in total. The van der Waals surface area contributed by atoms with Crippen molar-refractivity contribution >= 4 is 44.6 Å². The lowest BCUT2D eigenvalue weighted by Gasteiger charge is -2.26. The highest BCUT2D eigenvalue weighted by Crippen LogP contribution is 2.29. The number of benzene rings is 2. The van der Waals surface area contributed by atoms with Crippen LogP contribution in [0.1, 0.15) is 16.1 Å². The predicted molar refractivity (Wildman–Crippen MR) is 121 cm³/mol. The number of sulfonamides is 1. The molecule has 0 atom stereocenters. The zero-order valence-corrected chi connectivity index (χ0v) is 19.1. The fraction of sp³-hybridized carbons (Fsp3) is 0.238. The Bertz CT molecular complexity index is 1200. The average molecular weight is 478 g/mol. The molecule has 1 saturated heterocycles. The van der Waals surface area contributed by atoms with E-state index in [0.29, 0.717) is 18.9 Å². The van der Waals surface area contributed by atoms with Gasteiger partial charge in [0, 0.05) is 29.7 Å². The SMILES string of the molecule is Cc1ccc(-c2nc(C(=O)Nc3ccc(Cl)c(S(=O)(=O)N4CCOCC4)c3)cs2)cc1. The van der Waals surface area contributed by atoms with E-state index >= 15 is 0 Å². The van der Waals surface area contributed by atoms with Gasteiger partial charge in [-0.15, -0.1) is 11.3 Å². The molecule has 0 unspecified atom stereocenters. The maximum absolute atomic E-state index is 13.0. The number of ether oxygens (including phenoxy) is 1. The number of carbonyl (C=O) groups is 1. The Morgan fingerprint density at radius 1 is 1.16 bits per heavy atom. The third-order valence-electron chi connectivity index (χ3n) is 4.81. The normalized spacial score (nSPS) is 15.0. The highest BCUT2D eigenvalue weighted by atomic mass is 35.5. The second-order valence-electron chi connectivity index (χ2n) is 7.02. The maximum Gasteiger partial charge on any atom is 0.275 e. The van der Waals surface area contributed by atoms with E-state index in [9.17, 15) is 13.2 Å². The van der Waals surface area contributed by atoms with Crippen molar-refractivity contribution in [2.75, 3.05) is 31.6 Å². The lowest BCUT2D eigenvalue weighted by atomic mass is 10.2. The third-order valence-corrected chi connectivity index (χ3v) is 8.08. The fourth-order valence-corrected chi connectivity index (χ4v) is 5.82. The zero-order chi connectivity index (χ0) is 22.0. The van der Waals surface area contributed by atoms with Crippen LogP contribution in [0, 0.1) is 6.92 Å². The highest BCUT2D eigenvalue weighted by molar-refractivity contribution is 7.89. The van der Waals surface area contributed by atoms with Crippen LogP contribution >= 0.6 is 22.9 Å². The molecule has 0 bridgehead atoms. The molecule has 4 rings (SSSR count). The smallest absolute Gasteiger partial charge is 0.275 e. The Morgan fingerprint density at radius 2 is 1.87 bits per heavy atom. The molecule has 2 heterocycles. The van der Waals surface area contributed by atoms with Crippen molar-refractivity contribution in [3.8, 4) is 10.6 Å². The van der Waals surface area contributed by atoms with Gasteiger partial charge in [0.2, 0.25) is 10.0 Å². The Labute approximate surface area is 189 Å². The minimum atomic E-state index is -3.79. The monoisotopic (exact) mass is 477 g/mol. The number of amides is 1. The number of carbonyl (C=O) groups excluding carboxylic acids is 1. The quantitative estimate of drug-likeness (QED) is 0.599. The van der Waals surface area contributed by atoms with E-state index in [-0.39, 0.29) is 28.7 Å². The summed E-state index contributed by atoms with van der Waals surface area (Å²) in [5, 5.41) is 5.22. The van der Waals surface area contributed by atoms with Crippen molar-refractivity contribution in [1.29, 1.82) is 0 Å². The second-order valence-corrected chi connectivity index (χ2v) is 10.2. The Hall–Kier alpha value is -2.30. The first-order valence-electron chi connectivity index (χ1n) is 9.56. The summed E-state index contributed by atoms with van der Waals surface area (Å²) >= 11 is 7.54. The first kappa shape index (κ1) is 21.9. The van der Waals surface area contributed by atoms with Crippen molar-refractivity contribution in [3.05, 3.63) is 64.1 Å². The van der Waals surface area contributed by atoms with Gasteiger partial charge in [0.1, 0.15) is 15.6 Å². The third kappa shape index (κ3) is 4.81. The van der Waals surface area contributed by atoms with Crippen LogP contribution < -0.4 is 5.32 Å². The molecular weight excluding hydrogens is 458 g/mol. The number of rotatable bonds is 5. The molecule has 1 aliphatic rings. The molecule has 162 valence electrons. The first-order valence-corrected chi connectivity index (χ1v) is 12.3. The van der Waals surface area contributed by atoms with Crippen molar-refractivity contribution in [3.63, 3.8) is 0 Å². The summed E-state index contributed by atoms with van der Waals surface area (Å²) in [6.07, 6.45) is 0. The number of morpholine rings is 1. The summed E-state index contributed by atoms with van der Waals surface area (Å²) in [5.41, 5.74) is 2.66. The van der Waals surface area contributed by atoms with Crippen molar-refractivity contribution < 1.29 is 17.9 Å². The van der Waals surface area contributed by atoms with E-state index in [1.807, 2.05) is 31.2 Å². The zero-order valence-electron chi connectivity index (χ0n) is 16.7. The van der Waals surface area contributed by atoms with E-state index in [1.54, 1.807) is 11.4 Å². The predicted octanol–water partition coefficient (Wildman–Crippen LogP) is 4.05. The van der Waals surface area contributed by atoms with Crippen molar-refractivity contribution in [2.24, 2.45) is 0 Å². The van der Waals surface area contributed by atoms with Gasteiger partial charge < -0.3 is 10.1 Å². The summed E-state index contributed by atoms with van der Waals surface area (Å²) in [4.78, 5) is 17.0. The van der Waals surface area contributed by atoms with Crippen LogP contribution in [0.5, 0.6) is 0 Å². The van der Waals surface area contributed by atoms with Gasteiger partial charge in [-0.1, -0.05) is 41.4 Å². The molecule has 7 nitrogen and oxygen atoms in total. The van der Waals surface area contributed by atoms with Gasteiger partial charge in [-0.25, -0.2) is 13.4 Å². The number of hydrogen-bond donors (Lipinski definition) is 1. The maximum atomic E-state index is 13.0. The number of halogens is 1. The fourth-order valence-electron chi connectivity index (χ4n) is 3.11. The number of thiazole rings is 1. The van der Waals surface area contributed by atoms with Crippen LogP contribution in [0.4, 0.5) is 5.69 Å². The Kier molecular flexibility index (Phi) is 6.40. The standard InChI is InChI=1S/C21H20ClN3O4S2/c1-14-2-4-15(5-3-14)21-24-18(13-30-21)20(26)23-16-6-7-17(22)19(12-16)31(27,28)25-8-10-29-11-9-25/h2-7,12-13H,8-11H2,1H3,(H,23,26). The van der Waals surface area contributed by atoms with Gasteiger partial charge in [-0.3, -0.25) is 4.79 Å². The van der Waals surface area contributed by atoms with Gasteiger partial charge in [0.25, 0.3) is 5.91 Å². The van der Waals surface area contributed by atoms with E-state index < -0.39 is 15.9 Å². The van der Waals surface area contributed by atoms with Gasteiger partial charge >= 0.3 is 0 Å². The molecule has 0 spiro atoms. The largest absolute Gasteiger partial charge is 0.379 e. The summed E-state index contributed by atoms with van der Waals surface area (Å²) in [6, 6.07) is 12.3. The van der Waals surface area contributed by atoms with Gasteiger partial charge in [0.05, 0.1) is 18.2 Å². The lowest BCUT2D eigenvalue weighted by molar-refractivity contribution is 0.0730. The molecule has 1 aliphatic heterocycles. The van der Waals surface area contributed by atoms with Gasteiger partial charge in [0.15, 0.2) is 0 Å². The molecule has 3 aromatic rings. The molecule has 0 saturated carbocycles. The van der Waals surface area contributed by atoms with Crippen molar-refractivity contribution in [1.82, 2.24) is 9.29 Å². The minimum absolute atomic E-state index is 0.0486. The molecule has 0 radical (unpaired) electrons. The molecule has 0 aliphatic carbocycles. The molecule has 1 fully saturated rings. The number of aryl methyl sites for hydroxylation is 1. The summed E-state index contributed by atoms with van der Waals surface area (Å²) < 4.78 is 32.5. The van der Waals surface area contributed by atoms with E-state index in [2.05, 4.69) is 10.3 Å². The van der Waals surface area contributed by atoms with E-state index in [0.717, 1.165) is 16.1 Å². The van der Waals surface area contributed by atoms with Crippen LogP contribution in [0.3, 0.4) is 0 Å². The summed E-state index contributed by atoms with van der Waals surface area (Å²) in [5.74, 6) is -0.424. The van der Waals surface area contributed by atoms with Crippen LogP contribution in [-0.4, -0.2) is 49.9 Å².